The molecule has 0 spiro atoms. The average molecular weight is 323 g/mol. The van der Waals surface area contributed by atoms with E-state index in [9.17, 15) is 0 Å². The predicted octanol–water partition coefficient (Wildman–Crippen LogP) is 4.30. The Labute approximate surface area is 118 Å². The third-order valence-electron chi connectivity index (χ3n) is 2.38. The van der Waals surface area contributed by atoms with E-state index in [-0.39, 0.29) is 0 Å². The van der Waals surface area contributed by atoms with Crippen molar-refractivity contribution in [1.82, 2.24) is 0 Å². The number of hydrogen-bond donors (Lipinski definition) is 2. The van der Waals surface area contributed by atoms with Crippen molar-refractivity contribution >= 4 is 44.6 Å². The molecule has 0 saturated carbocycles. The first-order valence-electron chi connectivity index (χ1n) is 5.12. The van der Waals surface area contributed by atoms with Gasteiger partial charge in [-0.05, 0) is 52.3 Å². The highest BCUT2D eigenvalue weighted by Crippen LogP contribution is 2.28. The Hall–Kier alpha value is -1.70. The Morgan fingerprint density at radius 1 is 1.17 bits per heavy atom. The summed E-state index contributed by atoms with van der Waals surface area (Å²) in [5, 5.41) is 12.7. The van der Waals surface area contributed by atoms with Crippen LogP contribution in [0, 0.1) is 11.3 Å². The van der Waals surface area contributed by atoms with Crippen molar-refractivity contribution < 1.29 is 0 Å². The van der Waals surface area contributed by atoms with Gasteiger partial charge in [-0.15, -0.1) is 0 Å². The third kappa shape index (κ3) is 2.76. The maximum absolute atomic E-state index is 8.90. The van der Waals surface area contributed by atoms with Crippen LogP contribution in [0.4, 0.5) is 17.1 Å². The van der Waals surface area contributed by atoms with Crippen molar-refractivity contribution in [2.75, 3.05) is 11.1 Å². The summed E-state index contributed by atoms with van der Waals surface area (Å²) in [7, 11) is 0. The topological polar surface area (TPSA) is 61.8 Å². The maximum Gasteiger partial charge on any atom is 0.101 e. The van der Waals surface area contributed by atoms with Crippen LogP contribution < -0.4 is 11.1 Å². The van der Waals surface area contributed by atoms with Crippen molar-refractivity contribution in [3.8, 4) is 6.07 Å². The van der Waals surface area contributed by atoms with E-state index in [2.05, 4.69) is 21.2 Å². The van der Waals surface area contributed by atoms with Crippen LogP contribution in [0.15, 0.2) is 40.9 Å². The second kappa shape index (κ2) is 5.30. The first-order chi connectivity index (χ1) is 8.60. The molecule has 18 heavy (non-hydrogen) atoms. The molecule has 0 unspecified atom stereocenters. The summed E-state index contributed by atoms with van der Waals surface area (Å²) < 4.78 is 0.838. The van der Waals surface area contributed by atoms with E-state index < -0.39 is 0 Å². The molecule has 0 amide bonds. The summed E-state index contributed by atoms with van der Waals surface area (Å²) in [5.74, 6) is 0. The number of nitrogen functional groups attached to an aromatic ring is 1. The van der Waals surface area contributed by atoms with E-state index in [1.807, 2.05) is 24.3 Å². The van der Waals surface area contributed by atoms with Gasteiger partial charge in [0, 0.05) is 21.5 Å². The molecule has 0 aliphatic heterocycles. The molecule has 0 aromatic heterocycles. The van der Waals surface area contributed by atoms with Gasteiger partial charge in [0.15, 0.2) is 0 Å². The van der Waals surface area contributed by atoms with Gasteiger partial charge in [0.05, 0.1) is 10.6 Å². The number of benzene rings is 2. The van der Waals surface area contributed by atoms with Crippen molar-refractivity contribution in [3.63, 3.8) is 0 Å². The average Bonchev–Trinajstić information content (AvgIpc) is 2.36. The van der Waals surface area contributed by atoms with Crippen LogP contribution in [0.1, 0.15) is 5.56 Å². The molecule has 0 radical (unpaired) electrons. The van der Waals surface area contributed by atoms with Crippen LogP contribution in [0.5, 0.6) is 0 Å². The molecule has 3 N–H and O–H groups in total. The van der Waals surface area contributed by atoms with Gasteiger partial charge in [0.25, 0.3) is 0 Å². The lowest BCUT2D eigenvalue weighted by Gasteiger charge is -2.08. The molecule has 0 bridgehead atoms. The quantitative estimate of drug-likeness (QED) is 0.810. The molecule has 0 saturated heterocycles. The molecule has 5 heteroatoms. The normalized spacial score (nSPS) is 9.83. The predicted molar refractivity (Wildman–Crippen MR) is 78.0 cm³/mol. The molecule has 0 fully saturated rings. The van der Waals surface area contributed by atoms with Crippen LogP contribution in [0.25, 0.3) is 0 Å². The number of nitrogens with zero attached hydrogens (tertiary/aromatic N) is 1. The Balaban J connectivity index is 2.29. The van der Waals surface area contributed by atoms with Gasteiger partial charge < -0.3 is 11.1 Å². The summed E-state index contributed by atoms with van der Waals surface area (Å²) >= 11 is 9.33. The number of anilines is 3. The number of nitrogens with one attached hydrogen (secondary N) is 1. The van der Waals surface area contributed by atoms with Gasteiger partial charge in [-0.1, -0.05) is 11.6 Å². The zero-order valence-electron chi connectivity index (χ0n) is 9.24. The van der Waals surface area contributed by atoms with Gasteiger partial charge in [0.1, 0.15) is 6.07 Å². The lowest BCUT2D eigenvalue weighted by Crippen LogP contribution is -1.94. The van der Waals surface area contributed by atoms with Crippen molar-refractivity contribution in [1.29, 1.82) is 5.26 Å². The fourth-order valence-corrected chi connectivity index (χ4v) is 1.90. The zero-order valence-corrected chi connectivity index (χ0v) is 11.6. The molecule has 2 aromatic rings. The molecule has 3 nitrogen and oxygen atoms in total. The van der Waals surface area contributed by atoms with Gasteiger partial charge in [-0.25, -0.2) is 0 Å². The number of rotatable bonds is 2. The third-order valence-corrected chi connectivity index (χ3v) is 3.61. The highest BCUT2D eigenvalue weighted by atomic mass is 79.9. The summed E-state index contributed by atoms with van der Waals surface area (Å²) in [6.07, 6.45) is 0. The molecule has 90 valence electrons. The van der Waals surface area contributed by atoms with Crippen LogP contribution >= 0.6 is 27.5 Å². The molecule has 0 aliphatic carbocycles. The van der Waals surface area contributed by atoms with E-state index in [4.69, 9.17) is 22.6 Å². The zero-order chi connectivity index (χ0) is 13.1. The standard InChI is InChI=1S/C13H9BrClN3/c14-11-3-1-10(6-12(11)15)18-9-2-4-13(17)8(5-9)7-16/h1-6,18H,17H2. The lowest BCUT2D eigenvalue weighted by atomic mass is 10.1. The highest BCUT2D eigenvalue weighted by Gasteiger charge is 2.02. The maximum atomic E-state index is 8.90. The number of nitrogens with two attached hydrogens (primary N) is 1. The largest absolute Gasteiger partial charge is 0.398 e. The summed E-state index contributed by atoms with van der Waals surface area (Å²) in [5.41, 5.74) is 8.21. The molecule has 0 atom stereocenters. The monoisotopic (exact) mass is 321 g/mol. The Morgan fingerprint density at radius 3 is 2.50 bits per heavy atom. The Bertz CT molecular complexity index is 635. The molecular formula is C13H9BrClN3. The molecule has 2 rings (SSSR count). The minimum atomic E-state index is 0.447. The van der Waals surface area contributed by atoms with Crippen LogP contribution in [0.3, 0.4) is 0 Å². The first-order valence-corrected chi connectivity index (χ1v) is 6.29. The smallest absolute Gasteiger partial charge is 0.101 e. The Morgan fingerprint density at radius 2 is 1.83 bits per heavy atom. The van der Waals surface area contributed by atoms with Gasteiger partial charge in [-0.2, -0.15) is 5.26 Å². The Kier molecular flexibility index (Phi) is 3.75. The van der Waals surface area contributed by atoms with Crippen molar-refractivity contribution in [2.45, 2.75) is 0 Å². The lowest BCUT2D eigenvalue weighted by molar-refractivity contribution is 1.47. The fourth-order valence-electron chi connectivity index (χ4n) is 1.47. The fraction of sp³-hybridized carbons (Fsp3) is 0. The second-order valence-electron chi connectivity index (χ2n) is 3.67. The summed E-state index contributed by atoms with van der Waals surface area (Å²) in [6, 6.07) is 12.8. The van der Waals surface area contributed by atoms with Crippen LogP contribution in [-0.4, -0.2) is 0 Å². The summed E-state index contributed by atoms with van der Waals surface area (Å²) in [6.45, 7) is 0. The highest BCUT2D eigenvalue weighted by molar-refractivity contribution is 9.10. The van der Waals surface area contributed by atoms with Crippen molar-refractivity contribution in [3.05, 3.63) is 51.5 Å². The SMILES string of the molecule is N#Cc1cc(Nc2ccc(Br)c(Cl)c2)ccc1N. The molecule has 0 heterocycles. The molecule has 0 aliphatic rings. The van der Waals surface area contributed by atoms with Crippen molar-refractivity contribution in [2.24, 2.45) is 0 Å². The minimum Gasteiger partial charge on any atom is -0.398 e. The molecular weight excluding hydrogens is 314 g/mol. The van der Waals surface area contributed by atoms with Gasteiger partial charge >= 0.3 is 0 Å². The van der Waals surface area contributed by atoms with E-state index in [1.54, 1.807) is 18.2 Å². The summed E-state index contributed by atoms with van der Waals surface area (Å²) in [4.78, 5) is 0. The van der Waals surface area contributed by atoms with E-state index in [1.165, 1.54) is 0 Å². The number of hydrogen-bond acceptors (Lipinski definition) is 3. The first kappa shape index (κ1) is 12.7. The van der Waals surface area contributed by atoms with Crippen LogP contribution in [0.2, 0.25) is 5.02 Å². The number of nitriles is 1. The van der Waals surface area contributed by atoms with Gasteiger partial charge in [-0.3, -0.25) is 0 Å². The number of halogens is 2. The van der Waals surface area contributed by atoms with E-state index >= 15 is 0 Å². The van der Waals surface area contributed by atoms with Gasteiger partial charge in [0.2, 0.25) is 0 Å². The minimum absolute atomic E-state index is 0.447. The van der Waals surface area contributed by atoms with Crippen LogP contribution in [-0.2, 0) is 0 Å². The van der Waals surface area contributed by atoms with E-state index in [0.29, 0.717) is 16.3 Å². The molecule has 2 aromatic carbocycles. The van der Waals surface area contributed by atoms with E-state index in [0.717, 1.165) is 15.8 Å². The second-order valence-corrected chi connectivity index (χ2v) is 4.93.